The first-order valence-corrected chi connectivity index (χ1v) is 16.8. The Labute approximate surface area is 284 Å². The highest BCUT2D eigenvalue weighted by Crippen LogP contribution is 2.43. The molecule has 6 rings (SSSR count). The van der Waals surface area contributed by atoms with Crippen molar-refractivity contribution in [3.8, 4) is 11.3 Å². The quantitative estimate of drug-likeness (QED) is 0.177. The van der Waals surface area contributed by atoms with Crippen LogP contribution < -0.4 is 10.8 Å². The molecule has 1 unspecified atom stereocenters. The minimum Gasteiger partial charge on any atom is -0.760 e. The average molecular weight is 696 g/mol. The zero-order valence-electron chi connectivity index (χ0n) is 27.0. The molecule has 0 radical (unpaired) electrons. The Morgan fingerprint density at radius 1 is 1.15 bits per heavy atom. The number of carbonyl (C=O) groups excluding carboxylic acids is 1. The topological polar surface area (TPSA) is 146 Å². The summed E-state index contributed by atoms with van der Waals surface area (Å²) in [5.74, 6) is -1.88. The normalized spacial score (nSPS) is 17.6. The standard InChI is InChI=1S/C33H35BClFN4O7S/c1-32(2)33(3,4)47-34(46-32)28-24(31(42)43)12-18(13-25(28)35)15-39(48(44)45)16-21-17-40-26(14-23(21)19-6-7-19)27(30(41)37-5)29(38-40)20-8-10-22(36)11-9-20/h8-14,17,19H,6-7,15-16H2,1-5H3,(H,37,41)(H,42,43)(H,44,45)/p-1. The summed E-state index contributed by atoms with van der Waals surface area (Å²) in [5.41, 5.74) is 2.20. The highest BCUT2D eigenvalue weighted by molar-refractivity contribution is 7.76. The third-order valence-corrected chi connectivity index (χ3v) is 10.3. The van der Waals surface area contributed by atoms with Crippen molar-refractivity contribution in [3.05, 3.63) is 87.3 Å². The summed E-state index contributed by atoms with van der Waals surface area (Å²) in [7, 11) is 0.482. The maximum absolute atomic E-state index is 13.7. The van der Waals surface area contributed by atoms with Gasteiger partial charge in [-0.3, -0.25) is 9.00 Å². The molecule has 0 bridgehead atoms. The Hall–Kier alpha value is -3.66. The van der Waals surface area contributed by atoms with Crippen molar-refractivity contribution in [3.63, 3.8) is 0 Å². The van der Waals surface area contributed by atoms with Gasteiger partial charge in [0.05, 0.1) is 27.8 Å². The van der Waals surface area contributed by atoms with Crippen LogP contribution in [0.4, 0.5) is 4.39 Å². The lowest BCUT2D eigenvalue weighted by atomic mass is 9.75. The Balaban J connectivity index is 1.37. The van der Waals surface area contributed by atoms with Crippen molar-refractivity contribution < 1.29 is 37.2 Å². The summed E-state index contributed by atoms with van der Waals surface area (Å²) in [6.45, 7) is 7.14. The highest BCUT2D eigenvalue weighted by Gasteiger charge is 2.53. The molecule has 2 N–H and O–H groups in total. The molecule has 252 valence electrons. The summed E-state index contributed by atoms with van der Waals surface area (Å²) in [6.07, 6.45) is 3.51. The van der Waals surface area contributed by atoms with E-state index in [0.29, 0.717) is 33.5 Å². The van der Waals surface area contributed by atoms with Gasteiger partial charge in [-0.25, -0.2) is 18.0 Å². The van der Waals surface area contributed by atoms with Gasteiger partial charge < -0.3 is 24.3 Å². The fraction of sp³-hybridized carbons (Fsp3) is 0.364. The summed E-state index contributed by atoms with van der Waals surface area (Å²) < 4.78 is 53.8. The van der Waals surface area contributed by atoms with Gasteiger partial charge in [-0.1, -0.05) is 11.6 Å². The van der Waals surface area contributed by atoms with Gasteiger partial charge in [-0.15, -0.1) is 0 Å². The minimum atomic E-state index is -2.72. The van der Waals surface area contributed by atoms with Crippen LogP contribution >= 0.6 is 11.6 Å². The molecule has 2 aromatic carbocycles. The fourth-order valence-electron chi connectivity index (χ4n) is 5.91. The first-order valence-electron chi connectivity index (χ1n) is 15.4. The van der Waals surface area contributed by atoms with Gasteiger partial charge in [0, 0.05) is 53.6 Å². The number of halogens is 2. The third-order valence-electron chi connectivity index (χ3n) is 9.30. The predicted molar refractivity (Wildman–Crippen MR) is 178 cm³/mol. The maximum atomic E-state index is 13.7. The molecule has 4 aromatic rings. The molecule has 3 heterocycles. The number of carbonyl (C=O) groups is 2. The number of carboxylic acid groups (broad SMARTS) is 1. The lowest BCUT2D eigenvalue weighted by molar-refractivity contribution is 0.00578. The van der Waals surface area contributed by atoms with Crippen molar-refractivity contribution >= 4 is 52.8 Å². The van der Waals surface area contributed by atoms with Gasteiger partial charge >= 0.3 is 13.1 Å². The molecular weight excluding hydrogens is 662 g/mol. The van der Waals surface area contributed by atoms with Crippen LogP contribution in [0, 0.1) is 5.82 Å². The highest BCUT2D eigenvalue weighted by atomic mass is 35.5. The summed E-state index contributed by atoms with van der Waals surface area (Å²) in [4.78, 5) is 25.5. The Morgan fingerprint density at radius 2 is 1.79 bits per heavy atom. The van der Waals surface area contributed by atoms with Crippen LogP contribution in [0.15, 0.2) is 48.7 Å². The van der Waals surface area contributed by atoms with Crippen LogP contribution in [0.5, 0.6) is 0 Å². The molecule has 2 fully saturated rings. The van der Waals surface area contributed by atoms with Crippen LogP contribution in [0.1, 0.15) is 83.9 Å². The van der Waals surface area contributed by atoms with Crippen molar-refractivity contribution in [1.29, 1.82) is 0 Å². The molecule has 15 heteroatoms. The molecular formula is C33H34BClFN4O7S-. The number of carboxylic acids is 1. The lowest BCUT2D eigenvalue weighted by Crippen LogP contribution is -2.41. The number of nitrogens with one attached hydrogen (secondary N) is 1. The number of benzene rings is 2. The van der Waals surface area contributed by atoms with Crippen molar-refractivity contribution in [2.75, 3.05) is 7.05 Å². The summed E-state index contributed by atoms with van der Waals surface area (Å²) in [5, 5.41) is 17.5. The van der Waals surface area contributed by atoms with Gasteiger partial charge in [0.15, 0.2) is 0 Å². The molecule has 0 spiro atoms. The van der Waals surface area contributed by atoms with Crippen molar-refractivity contribution in [2.45, 2.75) is 70.7 Å². The maximum Gasteiger partial charge on any atom is 0.497 e. The molecule has 1 atom stereocenters. The fourth-order valence-corrected chi connectivity index (χ4v) is 6.74. The van der Waals surface area contributed by atoms with E-state index < -0.39 is 41.4 Å². The molecule has 1 amide bonds. The number of pyridine rings is 1. The molecule has 1 aliphatic carbocycles. The second kappa shape index (κ2) is 12.7. The molecule has 11 nitrogen and oxygen atoms in total. The number of hydrogen-bond donors (Lipinski definition) is 2. The van der Waals surface area contributed by atoms with Gasteiger partial charge in [-0.2, -0.15) is 5.10 Å². The van der Waals surface area contributed by atoms with Crippen molar-refractivity contribution in [1.82, 2.24) is 19.2 Å². The molecule has 48 heavy (non-hydrogen) atoms. The van der Waals surface area contributed by atoms with E-state index in [0.717, 1.165) is 18.4 Å². The minimum absolute atomic E-state index is 0.0576. The Morgan fingerprint density at radius 3 is 2.35 bits per heavy atom. The largest absolute Gasteiger partial charge is 0.760 e. The molecule has 1 saturated heterocycles. The summed E-state index contributed by atoms with van der Waals surface area (Å²) >= 11 is 3.94. The number of nitrogens with zero attached hydrogens (tertiary/aromatic N) is 3. The Kier molecular flexibility index (Phi) is 9.03. The SMILES string of the molecule is CNC(=O)c1c(-c2ccc(F)cc2)nn2cc(CN(Cc3cc(Cl)c(B4OC(C)(C)C(C)(C)O4)c(C(=O)O)c3)S(=O)[O-])c(C3CC3)cc12. The molecule has 1 saturated carbocycles. The number of aromatic nitrogens is 2. The second-order valence-corrected chi connectivity index (χ2v) is 14.5. The number of rotatable bonds is 10. The monoisotopic (exact) mass is 695 g/mol. The van der Waals surface area contributed by atoms with E-state index in [9.17, 15) is 27.8 Å². The van der Waals surface area contributed by atoms with Crippen LogP contribution in [0.3, 0.4) is 0 Å². The average Bonchev–Trinajstić information content (AvgIpc) is 3.75. The first kappa shape index (κ1) is 34.2. The molecule has 2 aromatic heterocycles. The van der Waals surface area contributed by atoms with E-state index in [-0.39, 0.29) is 41.0 Å². The number of hydrogen-bond acceptors (Lipinski definition) is 7. The lowest BCUT2D eigenvalue weighted by Gasteiger charge is -2.32. The summed E-state index contributed by atoms with van der Waals surface area (Å²) in [6, 6.07) is 10.4. The van der Waals surface area contributed by atoms with E-state index in [2.05, 4.69) is 10.4 Å². The van der Waals surface area contributed by atoms with E-state index in [4.69, 9.17) is 20.9 Å². The van der Waals surface area contributed by atoms with E-state index >= 15 is 0 Å². The van der Waals surface area contributed by atoms with Crippen LogP contribution in [0.2, 0.25) is 5.02 Å². The zero-order valence-corrected chi connectivity index (χ0v) is 28.6. The first-order chi connectivity index (χ1) is 22.6. The van der Waals surface area contributed by atoms with Gasteiger partial charge in [0.25, 0.3) is 5.91 Å². The van der Waals surface area contributed by atoms with Gasteiger partial charge in [0.2, 0.25) is 0 Å². The van der Waals surface area contributed by atoms with E-state index in [1.54, 1.807) is 18.3 Å². The van der Waals surface area contributed by atoms with E-state index in [1.807, 2.05) is 33.8 Å². The Bertz CT molecular complexity index is 1950. The number of amides is 1. The molecule has 1 aliphatic heterocycles. The van der Waals surface area contributed by atoms with Crippen LogP contribution in [-0.4, -0.2) is 65.0 Å². The van der Waals surface area contributed by atoms with Crippen LogP contribution in [-0.2, 0) is 33.7 Å². The third kappa shape index (κ3) is 6.40. The van der Waals surface area contributed by atoms with Gasteiger partial charge in [-0.05, 0) is 106 Å². The van der Waals surface area contributed by atoms with E-state index in [1.165, 1.54) is 40.1 Å². The second-order valence-electron chi connectivity index (χ2n) is 13.1. The zero-order chi connectivity index (χ0) is 34.7. The predicted octanol–water partition coefficient (Wildman–Crippen LogP) is 4.82. The smallest absolute Gasteiger partial charge is 0.497 e. The van der Waals surface area contributed by atoms with Gasteiger partial charge in [0.1, 0.15) is 11.5 Å². The van der Waals surface area contributed by atoms with Crippen LogP contribution in [0.25, 0.3) is 16.8 Å². The number of aromatic carboxylic acids is 1. The molecule has 2 aliphatic rings. The number of fused-ring (bicyclic) bond motifs is 1. The van der Waals surface area contributed by atoms with Crippen molar-refractivity contribution in [2.24, 2.45) is 0 Å².